The highest BCUT2D eigenvalue weighted by atomic mass is 19.1. The van der Waals surface area contributed by atoms with E-state index in [1.807, 2.05) is 60.9 Å². The van der Waals surface area contributed by atoms with E-state index in [0.29, 0.717) is 44.1 Å². The number of rotatable bonds is 4. The highest BCUT2D eigenvalue weighted by Gasteiger charge is 2.35. The molecule has 138 valence electrons. The predicted molar refractivity (Wildman–Crippen MR) is 99.6 cm³/mol. The summed E-state index contributed by atoms with van der Waals surface area (Å²) in [4.78, 5) is 24.9. The number of aryl methyl sites for hydroxylation is 1. The molecule has 2 aromatic rings. The van der Waals surface area contributed by atoms with E-state index in [-0.39, 0.29) is 11.7 Å². The van der Waals surface area contributed by atoms with Gasteiger partial charge >= 0.3 is 0 Å². The van der Waals surface area contributed by atoms with Crippen LogP contribution in [0.4, 0.5) is 10.2 Å². The fourth-order valence-electron chi connectivity index (χ4n) is 3.36. The van der Waals surface area contributed by atoms with Gasteiger partial charge in [-0.25, -0.2) is 14.4 Å². The Bertz CT molecular complexity index is 771. The Morgan fingerprint density at radius 2 is 1.77 bits per heavy atom. The van der Waals surface area contributed by atoms with Crippen LogP contribution in [0, 0.1) is 5.82 Å². The zero-order valence-electron chi connectivity index (χ0n) is 15.6. The van der Waals surface area contributed by atoms with E-state index in [2.05, 4.69) is 9.97 Å². The molecule has 0 atom stereocenters. The molecule has 0 N–H and O–H groups in total. The number of aromatic nitrogens is 2. The highest BCUT2D eigenvalue weighted by Crippen LogP contribution is 2.27. The van der Waals surface area contributed by atoms with E-state index in [0.717, 1.165) is 5.56 Å². The summed E-state index contributed by atoms with van der Waals surface area (Å²) in [7, 11) is 0. The number of piperazine rings is 1. The summed E-state index contributed by atoms with van der Waals surface area (Å²) < 4.78 is 14.5. The number of carbonyl (C=O) groups excluding carboxylic acids is 1. The molecule has 3 rings (SSSR count). The van der Waals surface area contributed by atoms with Gasteiger partial charge in [-0.3, -0.25) is 4.79 Å². The zero-order chi connectivity index (χ0) is 18.7. The van der Waals surface area contributed by atoms with Crippen LogP contribution in [0.25, 0.3) is 0 Å². The third-order valence-corrected chi connectivity index (χ3v) is 5.07. The van der Waals surface area contributed by atoms with Crippen LogP contribution in [-0.2, 0) is 16.6 Å². The smallest absolute Gasteiger partial charge is 0.232 e. The molecule has 0 aliphatic carbocycles. The maximum atomic E-state index is 14.5. The molecule has 1 saturated heterocycles. The second kappa shape index (κ2) is 7.40. The Hall–Kier alpha value is -2.50. The largest absolute Gasteiger partial charge is 0.351 e. The minimum atomic E-state index is -0.584. The normalized spacial score (nSPS) is 15.2. The van der Waals surface area contributed by atoms with Crippen molar-refractivity contribution in [3.05, 3.63) is 53.7 Å². The molecule has 26 heavy (non-hydrogen) atoms. The lowest BCUT2D eigenvalue weighted by molar-refractivity contribution is -0.136. The molecular weight excluding hydrogens is 331 g/mol. The van der Waals surface area contributed by atoms with Gasteiger partial charge in [0.2, 0.25) is 5.91 Å². The van der Waals surface area contributed by atoms with Crippen LogP contribution in [0.2, 0.25) is 0 Å². The van der Waals surface area contributed by atoms with Gasteiger partial charge in [-0.05, 0) is 25.8 Å². The Morgan fingerprint density at radius 3 is 2.38 bits per heavy atom. The molecule has 2 heterocycles. The van der Waals surface area contributed by atoms with Crippen LogP contribution >= 0.6 is 0 Å². The Balaban J connectivity index is 1.70. The minimum absolute atomic E-state index is 0.0979. The van der Waals surface area contributed by atoms with Gasteiger partial charge in [-0.1, -0.05) is 37.3 Å². The molecular formula is C20H25FN4O. The van der Waals surface area contributed by atoms with Gasteiger partial charge in [-0.15, -0.1) is 0 Å². The molecule has 1 fully saturated rings. The van der Waals surface area contributed by atoms with Gasteiger partial charge in [0.05, 0.1) is 11.1 Å². The zero-order valence-corrected chi connectivity index (χ0v) is 15.6. The molecule has 0 radical (unpaired) electrons. The monoisotopic (exact) mass is 356 g/mol. The first kappa shape index (κ1) is 18.3. The summed E-state index contributed by atoms with van der Waals surface area (Å²) >= 11 is 0. The van der Waals surface area contributed by atoms with Gasteiger partial charge in [0.25, 0.3) is 0 Å². The molecule has 1 aromatic carbocycles. The lowest BCUT2D eigenvalue weighted by Crippen LogP contribution is -2.53. The molecule has 1 aromatic heterocycles. The first-order valence-electron chi connectivity index (χ1n) is 9.04. The number of hydrogen-bond acceptors (Lipinski definition) is 4. The van der Waals surface area contributed by atoms with E-state index in [1.54, 1.807) is 0 Å². The number of anilines is 1. The number of benzene rings is 1. The lowest BCUT2D eigenvalue weighted by Gasteiger charge is -2.39. The van der Waals surface area contributed by atoms with Crippen molar-refractivity contribution in [1.82, 2.24) is 14.9 Å². The molecule has 6 heteroatoms. The van der Waals surface area contributed by atoms with Gasteiger partial charge in [0, 0.05) is 26.2 Å². The quantitative estimate of drug-likeness (QED) is 0.845. The van der Waals surface area contributed by atoms with Crippen molar-refractivity contribution in [2.75, 3.05) is 31.1 Å². The van der Waals surface area contributed by atoms with Crippen LogP contribution in [0.5, 0.6) is 0 Å². The predicted octanol–water partition coefficient (Wildman–Crippen LogP) is 2.80. The molecule has 0 bridgehead atoms. The molecule has 5 nitrogen and oxygen atoms in total. The number of carbonyl (C=O) groups is 1. The van der Waals surface area contributed by atoms with Crippen molar-refractivity contribution in [2.24, 2.45) is 0 Å². The highest BCUT2D eigenvalue weighted by molar-refractivity contribution is 5.87. The topological polar surface area (TPSA) is 49.3 Å². The van der Waals surface area contributed by atoms with Crippen molar-refractivity contribution in [1.29, 1.82) is 0 Å². The summed E-state index contributed by atoms with van der Waals surface area (Å²) in [6, 6.07) is 9.81. The van der Waals surface area contributed by atoms with Crippen LogP contribution in [-0.4, -0.2) is 47.0 Å². The minimum Gasteiger partial charge on any atom is -0.351 e. The number of halogens is 1. The van der Waals surface area contributed by atoms with Crippen LogP contribution in [0.3, 0.4) is 0 Å². The molecule has 1 amide bonds. The summed E-state index contributed by atoms with van der Waals surface area (Å²) in [5.41, 5.74) is 0.847. The second-order valence-electron chi connectivity index (χ2n) is 7.08. The maximum Gasteiger partial charge on any atom is 0.232 e. The molecule has 1 aliphatic rings. The fourth-order valence-corrected chi connectivity index (χ4v) is 3.36. The Morgan fingerprint density at radius 1 is 1.12 bits per heavy atom. The second-order valence-corrected chi connectivity index (χ2v) is 7.08. The van der Waals surface area contributed by atoms with Crippen LogP contribution < -0.4 is 4.90 Å². The van der Waals surface area contributed by atoms with Gasteiger partial charge in [0.15, 0.2) is 11.6 Å². The van der Waals surface area contributed by atoms with Gasteiger partial charge in [0.1, 0.15) is 6.33 Å². The van der Waals surface area contributed by atoms with Gasteiger partial charge < -0.3 is 9.80 Å². The average molecular weight is 356 g/mol. The Kier molecular flexibility index (Phi) is 5.20. The molecule has 0 unspecified atom stereocenters. The standard InChI is InChI=1S/C20H25FN4O/c1-4-16-17(21)18(23-14-22-16)24-10-12-25(13-11-24)19(26)20(2,3)15-8-6-5-7-9-15/h5-9,14H,4,10-13H2,1-3H3. The van der Waals surface area contributed by atoms with Crippen molar-refractivity contribution in [3.63, 3.8) is 0 Å². The lowest BCUT2D eigenvalue weighted by atomic mass is 9.83. The number of nitrogens with zero attached hydrogens (tertiary/aromatic N) is 4. The summed E-state index contributed by atoms with van der Waals surface area (Å²) in [5.74, 6) is 0.0893. The van der Waals surface area contributed by atoms with E-state index >= 15 is 0 Å². The van der Waals surface area contributed by atoms with E-state index in [1.165, 1.54) is 6.33 Å². The maximum absolute atomic E-state index is 14.5. The van der Waals surface area contributed by atoms with Crippen molar-refractivity contribution in [2.45, 2.75) is 32.6 Å². The summed E-state index contributed by atoms with van der Waals surface area (Å²) in [6.07, 6.45) is 1.94. The van der Waals surface area contributed by atoms with Crippen molar-refractivity contribution < 1.29 is 9.18 Å². The summed E-state index contributed by atoms with van der Waals surface area (Å²) in [6.45, 7) is 8.02. The molecule has 1 aliphatic heterocycles. The first-order chi connectivity index (χ1) is 12.4. The molecule has 0 saturated carbocycles. The first-order valence-corrected chi connectivity index (χ1v) is 9.04. The number of hydrogen-bond donors (Lipinski definition) is 0. The van der Waals surface area contributed by atoms with Crippen LogP contribution in [0.1, 0.15) is 32.0 Å². The third-order valence-electron chi connectivity index (χ3n) is 5.07. The molecule has 0 spiro atoms. The van der Waals surface area contributed by atoms with E-state index in [9.17, 15) is 9.18 Å². The Labute approximate surface area is 153 Å². The SMILES string of the molecule is CCc1ncnc(N2CCN(C(=O)C(C)(C)c3ccccc3)CC2)c1F. The number of amides is 1. The third kappa shape index (κ3) is 3.41. The average Bonchev–Trinajstić information content (AvgIpc) is 2.68. The van der Waals surface area contributed by atoms with Crippen molar-refractivity contribution in [3.8, 4) is 0 Å². The fraction of sp³-hybridized carbons (Fsp3) is 0.450. The van der Waals surface area contributed by atoms with E-state index in [4.69, 9.17) is 0 Å². The van der Waals surface area contributed by atoms with Crippen molar-refractivity contribution >= 4 is 11.7 Å². The van der Waals surface area contributed by atoms with E-state index < -0.39 is 5.41 Å². The van der Waals surface area contributed by atoms with Crippen LogP contribution in [0.15, 0.2) is 36.7 Å². The summed E-state index contributed by atoms with van der Waals surface area (Å²) in [5, 5.41) is 0. The van der Waals surface area contributed by atoms with Gasteiger partial charge in [-0.2, -0.15) is 0 Å².